The van der Waals surface area contributed by atoms with Gasteiger partial charge < -0.3 is 5.73 Å². The smallest absolute Gasteiger partial charge is 0.0471 e. The largest absolute Gasteiger partial charge is 0.329 e. The topological polar surface area (TPSA) is 29.3 Å². The number of hydrogen-bond acceptors (Lipinski definition) is 2. The number of halogens is 2. The number of rotatable bonds is 5. The van der Waals surface area contributed by atoms with Crippen molar-refractivity contribution in [2.45, 2.75) is 51.1 Å². The second kappa shape index (κ2) is 7.82. The predicted molar refractivity (Wildman–Crippen MR) is 92.1 cm³/mol. The van der Waals surface area contributed by atoms with Gasteiger partial charge in [-0.15, -0.1) is 0 Å². The lowest BCUT2D eigenvalue weighted by atomic mass is 9.83. The van der Waals surface area contributed by atoms with E-state index in [9.17, 15) is 0 Å². The van der Waals surface area contributed by atoms with Gasteiger partial charge in [-0.05, 0) is 62.4 Å². The van der Waals surface area contributed by atoms with E-state index in [1.54, 1.807) is 6.07 Å². The summed E-state index contributed by atoms with van der Waals surface area (Å²) in [4.78, 5) is 2.42. The molecule has 2 N–H and O–H groups in total. The van der Waals surface area contributed by atoms with Crippen LogP contribution in [0.5, 0.6) is 0 Å². The molecule has 2 rings (SSSR count). The van der Waals surface area contributed by atoms with Crippen molar-refractivity contribution in [1.29, 1.82) is 0 Å². The lowest BCUT2D eigenvalue weighted by Crippen LogP contribution is -2.40. The van der Waals surface area contributed by atoms with Crippen molar-refractivity contribution in [3.63, 3.8) is 0 Å². The second-order valence-electron chi connectivity index (χ2n) is 6.20. The Morgan fingerprint density at radius 3 is 2.19 bits per heavy atom. The Kier molecular flexibility index (Phi) is 6.36. The summed E-state index contributed by atoms with van der Waals surface area (Å²) in [5.41, 5.74) is 7.16. The van der Waals surface area contributed by atoms with E-state index in [4.69, 9.17) is 28.9 Å². The van der Waals surface area contributed by atoms with Crippen LogP contribution >= 0.6 is 23.2 Å². The lowest BCUT2D eigenvalue weighted by molar-refractivity contribution is 0.122. The molecule has 2 nitrogen and oxygen atoms in total. The van der Waals surface area contributed by atoms with E-state index in [1.165, 1.54) is 32.1 Å². The molecule has 1 unspecified atom stereocenters. The minimum atomic E-state index is 0.185. The van der Waals surface area contributed by atoms with Crippen LogP contribution in [0.1, 0.15) is 50.6 Å². The fourth-order valence-corrected chi connectivity index (χ4v) is 4.06. The molecule has 4 heteroatoms. The molecule has 1 aliphatic carbocycles. The van der Waals surface area contributed by atoms with Crippen molar-refractivity contribution < 1.29 is 0 Å². The third-order valence-corrected chi connectivity index (χ3v) is 5.39. The van der Waals surface area contributed by atoms with E-state index in [-0.39, 0.29) is 6.04 Å². The van der Waals surface area contributed by atoms with Gasteiger partial charge in [0, 0.05) is 28.7 Å². The highest BCUT2D eigenvalue weighted by Gasteiger charge is 2.27. The minimum absolute atomic E-state index is 0.185. The Bertz CT molecular complexity index is 436. The highest BCUT2D eigenvalue weighted by molar-refractivity contribution is 6.34. The third-order valence-electron chi connectivity index (χ3n) is 4.95. The Labute approximate surface area is 138 Å². The zero-order chi connectivity index (χ0) is 15.4. The summed E-state index contributed by atoms with van der Waals surface area (Å²) < 4.78 is 0. The maximum absolute atomic E-state index is 6.14. The first-order valence-electron chi connectivity index (χ1n) is 7.93. The Morgan fingerprint density at radius 1 is 1.14 bits per heavy atom. The number of nitrogens with zero attached hydrogens (tertiary/aromatic N) is 1. The van der Waals surface area contributed by atoms with Crippen LogP contribution in [0.3, 0.4) is 0 Å². The van der Waals surface area contributed by atoms with Crippen LogP contribution in [0, 0.1) is 5.92 Å². The summed E-state index contributed by atoms with van der Waals surface area (Å²) >= 11 is 12.3. The number of likely N-dealkylation sites (N-methyl/N-ethyl adjacent to an activating group) is 1. The molecule has 0 spiro atoms. The van der Waals surface area contributed by atoms with Crippen molar-refractivity contribution in [1.82, 2.24) is 4.90 Å². The molecule has 0 bridgehead atoms. The van der Waals surface area contributed by atoms with E-state index in [0.29, 0.717) is 22.6 Å². The maximum atomic E-state index is 6.14. The average Bonchev–Trinajstić information content (AvgIpc) is 2.47. The van der Waals surface area contributed by atoms with E-state index < -0.39 is 0 Å². The zero-order valence-electron chi connectivity index (χ0n) is 13.0. The van der Waals surface area contributed by atoms with Gasteiger partial charge in [0.15, 0.2) is 0 Å². The molecule has 21 heavy (non-hydrogen) atoms. The van der Waals surface area contributed by atoms with E-state index in [0.717, 1.165) is 11.5 Å². The molecule has 0 aromatic heterocycles. The van der Waals surface area contributed by atoms with Crippen LogP contribution in [0.4, 0.5) is 0 Å². The second-order valence-corrected chi connectivity index (χ2v) is 7.08. The van der Waals surface area contributed by atoms with Crippen LogP contribution < -0.4 is 5.73 Å². The summed E-state index contributed by atoms with van der Waals surface area (Å²) in [6, 6.07) is 6.54. The fraction of sp³-hybridized carbons (Fsp3) is 0.647. The van der Waals surface area contributed by atoms with Crippen molar-refractivity contribution in [2.75, 3.05) is 13.6 Å². The van der Waals surface area contributed by atoms with Gasteiger partial charge in [0.05, 0.1) is 0 Å². The van der Waals surface area contributed by atoms with Crippen molar-refractivity contribution in [3.8, 4) is 0 Å². The third kappa shape index (κ3) is 4.35. The Hall–Kier alpha value is -0.280. The zero-order valence-corrected chi connectivity index (χ0v) is 14.5. The molecule has 0 amide bonds. The summed E-state index contributed by atoms with van der Waals surface area (Å²) in [5, 5.41) is 1.36. The average molecular weight is 329 g/mol. The lowest BCUT2D eigenvalue weighted by Gasteiger charge is -2.39. The normalized spacial score (nSPS) is 24.3. The summed E-state index contributed by atoms with van der Waals surface area (Å²) in [6.07, 6.45) is 6.50. The van der Waals surface area contributed by atoms with Crippen molar-refractivity contribution in [3.05, 3.63) is 33.8 Å². The van der Waals surface area contributed by atoms with Gasteiger partial charge in [0.25, 0.3) is 0 Å². The monoisotopic (exact) mass is 328 g/mol. The molecule has 0 saturated heterocycles. The molecule has 1 aromatic rings. The first-order valence-corrected chi connectivity index (χ1v) is 8.68. The first-order chi connectivity index (χ1) is 10.0. The van der Waals surface area contributed by atoms with Crippen molar-refractivity contribution >= 4 is 23.2 Å². The van der Waals surface area contributed by atoms with Gasteiger partial charge in [-0.2, -0.15) is 0 Å². The summed E-state index contributed by atoms with van der Waals surface area (Å²) in [6.45, 7) is 2.88. The van der Waals surface area contributed by atoms with Crippen molar-refractivity contribution in [2.24, 2.45) is 11.7 Å². The van der Waals surface area contributed by atoms with Crippen LogP contribution in [0.15, 0.2) is 18.2 Å². The molecule has 1 atom stereocenters. The van der Waals surface area contributed by atoms with E-state index in [2.05, 4.69) is 18.9 Å². The number of nitrogens with two attached hydrogens (primary N) is 1. The maximum Gasteiger partial charge on any atom is 0.0471 e. The van der Waals surface area contributed by atoms with Gasteiger partial charge in [-0.25, -0.2) is 0 Å². The number of benzene rings is 1. The van der Waals surface area contributed by atoms with Gasteiger partial charge >= 0.3 is 0 Å². The molecule has 118 valence electrons. The van der Waals surface area contributed by atoms with Gasteiger partial charge in [-0.1, -0.05) is 36.5 Å². The van der Waals surface area contributed by atoms with Crippen LogP contribution in [0.25, 0.3) is 0 Å². The molecule has 1 fully saturated rings. The quantitative estimate of drug-likeness (QED) is 0.833. The molecule has 0 heterocycles. The molecule has 1 aliphatic rings. The van der Waals surface area contributed by atoms with E-state index in [1.807, 2.05) is 12.1 Å². The van der Waals surface area contributed by atoms with Gasteiger partial charge in [-0.3, -0.25) is 4.90 Å². The Morgan fingerprint density at radius 2 is 1.71 bits per heavy atom. The minimum Gasteiger partial charge on any atom is -0.329 e. The number of hydrogen-bond donors (Lipinski definition) is 1. The SMILES string of the molecule is CCC1CCC(N(C)C(CN)c2cc(Cl)cc(Cl)c2)CC1. The highest BCUT2D eigenvalue weighted by atomic mass is 35.5. The molecular formula is C17H26Cl2N2. The molecule has 1 aromatic carbocycles. The van der Waals surface area contributed by atoms with Gasteiger partial charge in [0.1, 0.15) is 0 Å². The molecule has 1 saturated carbocycles. The molecular weight excluding hydrogens is 303 g/mol. The Balaban J connectivity index is 2.09. The predicted octanol–water partition coefficient (Wildman–Crippen LogP) is 4.89. The highest BCUT2D eigenvalue weighted by Crippen LogP contribution is 2.33. The standard InChI is InChI=1S/C17H26Cl2N2/c1-3-12-4-6-16(7-5-12)21(2)17(11-20)13-8-14(18)10-15(19)9-13/h8-10,12,16-17H,3-7,11,20H2,1-2H3. The van der Waals surface area contributed by atoms with Crippen LogP contribution in [0.2, 0.25) is 10.0 Å². The first kappa shape index (κ1) is 17.1. The fourth-order valence-electron chi connectivity index (χ4n) is 3.52. The van der Waals surface area contributed by atoms with Gasteiger partial charge in [0.2, 0.25) is 0 Å². The van der Waals surface area contributed by atoms with Crippen LogP contribution in [-0.4, -0.2) is 24.5 Å². The summed E-state index contributed by atoms with van der Waals surface area (Å²) in [5.74, 6) is 0.909. The van der Waals surface area contributed by atoms with E-state index >= 15 is 0 Å². The molecule has 0 aliphatic heterocycles. The van der Waals surface area contributed by atoms with Crippen LogP contribution in [-0.2, 0) is 0 Å². The summed E-state index contributed by atoms with van der Waals surface area (Å²) in [7, 11) is 2.18. The molecule has 0 radical (unpaired) electrons.